The van der Waals surface area contributed by atoms with Gasteiger partial charge in [0.15, 0.2) is 0 Å². The largest absolute Gasteiger partial charge is 0.322 e. The van der Waals surface area contributed by atoms with E-state index in [-0.39, 0.29) is 5.91 Å². The van der Waals surface area contributed by atoms with E-state index < -0.39 is 10.0 Å². The molecule has 0 unspecified atom stereocenters. The van der Waals surface area contributed by atoms with Gasteiger partial charge < -0.3 is 5.32 Å². The second kappa shape index (κ2) is 6.88. The predicted octanol–water partition coefficient (Wildman–Crippen LogP) is 3.21. The molecule has 25 heavy (non-hydrogen) atoms. The molecule has 0 aliphatic carbocycles. The summed E-state index contributed by atoms with van der Waals surface area (Å²) >= 11 is 0. The molecule has 1 amide bonds. The molecule has 1 aliphatic rings. The molecule has 0 bridgehead atoms. The average Bonchev–Trinajstić information content (AvgIpc) is 2.60. The van der Waals surface area contributed by atoms with Crippen molar-refractivity contribution in [3.05, 3.63) is 59.2 Å². The van der Waals surface area contributed by atoms with Crippen molar-refractivity contribution in [1.29, 1.82) is 0 Å². The van der Waals surface area contributed by atoms with E-state index in [0.29, 0.717) is 17.8 Å². The first-order valence-electron chi connectivity index (χ1n) is 8.39. The molecule has 6 heteroatoms. The van der Waals surface area contributed by atoms with Crippen LogP contribution in [-0.4, -0.2) is 27.1 Å². The number of sulfonamides is 1. The highest BCUT2D eigenvalue weighted by atomic mass is 32.2. The lowest BCUT2D eigenvalue weighted by Crippen LogP contribution is -2.34. The first kappa shape index (κ1) is 17.5. The van der Waals surface area contributed by atoms with E-state index in [9.17, 15) is 13.2 Å². The van der Waals surface area contributed by atoms with Crippen molar-refractivity contribution >= 4 is 27.3 Å². The van der Waals surface area contributed by atoms with Crippen molar-refractivity contribution in [1.82, 2.24) is 0 Å². The van der Waals surface area contributed by atoms with Gasteiger partial charge in [-0.15, -0.1) is 0 Å². The van der Waals surface area contributed by atoms with Gasteiger partial charge in [0, 0.05) is 17.8 Å². The Hall–Kier alpha value is -2.34. The van der Waals surface area contributed by atoms with Crippen LogP contribution in [0.3, 0.4) is 0 Å². The van der Waals surface area contributed by atoms with Gasteiger partial charge in [-0.1, -0.05) is 19.1 Å². The van der Waals surface area contributed by atoms with Crippen LogP contribution in [0.5, 0.6) is 0 Å². The Balaban J connectivity index is 1.82. The van der Waals surface area contributed by atoms with Gasteiger partial charge in [0.25, 0.3) is 5.91 Å². The Bertz CT molecular complexity index is 889. The lowest BCUT2D eigenvalue weighted by atomic mass is 10.0. The third kappa shape index (κ3) is 3.85. The first-order chi connectivity index (χ1) is 11.9. The van der Waals surface area contributed by atoms with Crippen LogP contribution in [0.25, 0.3) is 0 Å². The van der Waals surface area contributed by atoms with Crippen LogP contribution in [0.1, 0.15) is 34.8 Å². The third-order valence-electron chi connectivity index (χ3n) is 4.44. The highest BCUT2D eigenvalue weighted by Crippen LogP contribution is 2.30. The van der Waals surface area contributed by atoms with Crippen LogP contribution in [0.2, 0.25) is 0 Å². The molecular formula is C19H22N2O3S. The number of hydrogen-bond donors (Lipinski definition) is 1. The van der Waals surface area contributed by atoms with Crippen molar-refractivity contribution in [2.45, 2.75) is 26.2 Å². The summed E-state index contributed by atoms with van der Waals surface area (Å²) in [7, 11) is -3.29. The molecule has 0 radical (unpaired) electrons. The molecule has 1 N–H and O–H groups in total. The minimum Gasteiger partial charge on any atom is -0.322 e. The Morgan fingerprint density at radius 3 is 2.52 bits per heavy atom. The quantitative estimate of drug-likeness (QED) is 0.913. The summed E-state index contributed by atoms with van der Waals surface area (Å²) in [5, 5.41) is 2.89. The number of fused-ring (bicyclic) bond motifs is 1. The number of carbonyl (C=O) groups excluding carboxylic acids is 1. The topological polar surface area (TPSA) is 66.5 Å². The summed E-state index contributed by atoms with van der Waals surface area (Å²) in [4.78, 5) is 12.5. The number of benzene rings is 2. The van der Waals surface area contributed by atoms with Crippen molar-refractivity contribution in [3.8, 4) is 0 Å². The molecule has 0 atom stereocenters. The number of amides is 1. The smallest absolute Gasteiger partial charge is 0.255 e. The standard InChI is InChI=1S/C19H22N2O3S/c1-3-14-6-9-17(10-7-14)20-19(22)16-8-11-18-15(13-16)5-4-12-21(18)25(2,23)24/h6-11,13H,3-5,12H2,1-2H3,(H,20,22). The van der Waals surface area contributed by atoms with Crippen LogP contribution in [-0.2, 0) is 22.9 Å². The summed E-state index contributed by atoms with van der Waals surface area (Å²) in [6.45, 7) is 2.57. The molecule has 132 valence electrons. The molecule has 0 fully saturated rings. The van der Waals surface area contributed by atoms with Crippen LogP contribution in [0.4, 0.5) is 11.4 Å². The number of rotatable bonds is 4. The third-order valence-corrected chi connectivity index (χ3v) is 5.62. The van der Waals surface area contributed by atoms with Crippen LogP contribution in [0, 0.1) is 0 Å². The zero-order valence-corrected chi connectivity index (χ0v) is 15.3. The molecule has 0 saturated heterocycles. The molecule has 0 aromatic heterocycles. The minimum atomic E-state index is -3.29. The van der Waals surface area contributed by atoms with E-state index in [1.54, 1.807) is 18.2 Å². The number of aryl methyl sites for hydroxylation is 2. The maximum Gasteiger partial charge on any atom is 0.255 e. The Kier molecular flexibility index (Phi) is 4.81. The molecule has 2 aromatic rings. The summed E-state index contributed by atoms with van der Waals surface area (Å²) in [6, 6.07) is 13.0. The van der Waals surface area contributed by atoms with E-state index in [4.69, 9.17) is 0 Å². The lowest BCUT2D eigenvalue weighted by molar-refractivity contribution is 0.102. The number of nitrogens with one attached hydrogen (secondary N) is 1. The van der Waals surface area contributed by atoms with Crippen molar-refractivity contribution in [3.63, 3.8) is 0 Å². The fourth-order valence-corrected chi connectivity index (χ4v) is 4.07. The number of anilines is 2. The monoisotopic (exact) mass is 358 g/mol. The predicted molar refractivity (Wildman–Crippen MR) is 101 cm³/mol. The van der Waals surface area contributed by atoms with Gasteiger partial charge in [-0.05, 0) is 60.7 Å². The Labute approximate surface area is 148 Å². The maximum absolute atomic E-state index is 12.5. The molecule has 0 spiro atoms. The van der Waals surface area contributed by atoms with E-state index in [2.05, 4.69) is 12.2 Å². The second-order valence-corrected chi connectivity index (χ2v) is 8.19. The number of nitrogens with zero attached hydrogens (tertiary/aromatic N) is 1. The van der Waals surface area contributed by atoms with Crippen molar-refractivity contribution < 1.29 is 13.2 Å². The molecule has 3 rings (SSSR count). The SMILES string of the molecule is CCc1ccc(NC(=O)c2ccc3c(c2)CCCN3S(C)(=O)=O)cc1. The normalized spacial score (nSPS) is 14.1. The summed E-state index contributed by atoms with van der Waals surface area (Å²) in [5.41, 5.74) is 4.07. The Morgan fingerprint density at radius 1 is 1.16 bits per heavy atom. The zero-order valence-electron chi connectivity index (χ0n) is 14.5. The highest BCUT2D eigenvalue weighted by Gasteiger charge is 2.24. The van der Waals surface area contributed by atoms with Crippen LogP contribution < -0.4 is 9.62 Å². The van der Waals surface area contributed by atoms with Gasteiger partial charge in [-0.2, -0.15) is 0 Å². The van der Waals surface area contributed by atoms with E-state index >= 15 is 0 Å². The fraction of sp³-hybridized carbons (Fsp3) is 0.316. The van der Waals surface area contributed by atoms with Gasteiger partial charge in [0.1, 0.15) is 0 Å². The molecule has 2 aromatic carbocycles. The first-order valence-corrected chi connectivity index (χ1v) is 10.2. The van der Waals surface area contributed by atoms with Gasteiger partial charge in [0.2, 0.25) is 10.0 Å². The van der Waals surface area contributed by atoms with E-state index in [1.807, 2.05) is 24.3 Å². The van der Waals surface area contributed by atoms with Crippen LogP contribution >= 0.6 is 0 Å². The van der Waals surface area contributed by atoms with Gasteiger partial charge >= 0.3 is 0 Å². The number of carbonyl (C=O) groups is 1. The Morgan fingerprint density at radius 2 is 1.88 bits per heavy atom. The van der Waals surface area contributed by atoms with Gasteiger partial charge in [0.05, 0.1) is 11.9 Å². The zero-order chi connectivity index (χ0) is 18.0. The molecule has 1 heterocycles. The summed E-state index contributed by atoms with van der Waals surface area (Å²) in [6.07, 6.45) is 3.69. The molecule has 0 saturated carbocycles. The highest BCUT2D eigenvalue weighted by molar-refractivity contribution is 7.92. The fourth-order valence-electron chi connectivity index (χ4n) is 3.08. The van der Waals surface area contributed by atoms with Crippen molar-refractivity contribution in [2.75, 3.05) is 22.4 Å². The number of hydrogen-bond acceptors (Lipinski definition) is 3. The van der Waals surface area contributed by atoms with E-state index in [0.717, 1.165) is 30.5 Å². The summed E-state index contributed by atoms with van der Waals surface area (Å²) in [5.74, 6) is -0.191. The maximum atomic E-state index is 12.5. The average molecular weight is 358 g/mol. The van der Waals surface area contributed by atoms with Gasteiger partial charge in [-0.25, -0.2) is 8.42 Å². The minimum absolute atomic E-state index is 0.191. The van der Waals surface area contributed by atoms with E-state index in [1.165, 1.54) is 16.1 Å². The molecule has 1 aliphatic heterocycles. The molecular weight excluding hydrogens is 336 g/mol. The lowest BCUT2D eigenvalue weighted by Gasteiger charge is -2.29. The van der Waals surface area contributed by atoms with Crippen molar-refractivity contribution in [2.24, 2.45) is 0 Å². The molecule has 5 nitrogen and oxygen atoms in total. The summed E-state index contributed by atoms with van der Waals surface area (Å²) < 4.78 is 25.2. The van der Waals surface area contributed by atoms with Gasteiger partial charge in [-0.3, -0.25) is 9.10 Å². The van der Waals surface area contributed by atoms with Crippen LogP contribution in [0.15, 0.2) is 42.5 Å². The second-order valence-electron chi connectivity index (χ2n) is 6.29.